The molecule has 1 aromatic carbocycles. The number of hydrogen-bond acceptors (Lipinski definition) is 7. The van der Waals surface area contributed by atoms with Gasteiger partial charge in [-0.05, 0) is 36.4 Å². The number of halogens is 1. The largest absolute Gasteiger partial charge is 0.296 e. The molecular formula is C18H12ClN5O2S2. The third-order valence-electron chi connectivity index (χ3n) is 3.70. The van der Waals surface area contributed by atoms with Gasteiger partial charge >= 0.3 is 0 Å². The molecule has 0 unspecified atom stereocenters. The highest BCUT2D eigenvalue weighted by Gasteiger charge is 2.11. The first-order chi connectivity index (χ1) is 13.6. The van der Waals surface area contributed by atoms with E-state index in [1.165, 1.54) is 33.6 Å². The molecule has 0 bridgehead atoms. The Morgan fingerprint density at radius 1 is 1.18 bits per heavy atom. The Labute approximate surface area is 172 Å². The summed E-state index contributed by atoms with van der Waals surface area (Å²) in [5, 5.41) is 11.7. The van der Waals surface area contributed by atoms with Crippen molar-refractivity contribution in [2.75, 3.05) is 5.32 Å². The molecule has 0 atom stereocenters. The van der Waals surface area contributed by atoms with E-state index in [4.69, 9.17) is 11.6 Å². The van der Waals surface area contributed by atoms with Crippen molar-refractivity contribution in [3.63, 3.8) is 0 Å². The molecule has 10 heteroatoms. The van der Waals surface area contributed by atoms with Crippen LogP contribution in [0.1, 0.15) is 16.1 Å². The average molecular weight is 430 g/mol. The van der Waals surface area contributed by atoms with Gasteiger partial charge in [0.2, 0.25) is 5.13 Å². The number of fused-ring (bicyclic) bond motifs is 1. The van der Waals surface area contributed by atoms with Gasteiger partial charge in [-0.3, -0.25) is 19.3 Å². The summed E-state index contributed by atoms with van der Waals surface area (Å²) < 4.78 is 2.16. The molecule has 4 aromatic rings. The van der Waals surface area contributed by atoms with E-state index in [0.717, 1.165) is 0 Å². The zero-order chi connectivity index (χ0) is 19.5. The maximum absolute atomic E-state index is 12.2. The molecule has 0 spiro atoms. The summed E-state index contributed by atoms with van der Waals surface area (Å²) in [5.74, 6) is 0.189. The van der Waals surface area contributed by atoms with Crippen molar-refractivity contribution in [3.8, 4) is 0 Å². The lowest BCUT2D eigenvalue weighted by Gasteiger charge is -2.02. The predicted octanol–water partition coefficient (Wildman–Crippen LogP) is 3.74. The van der Waals surface area contributed by atoms with Crippen LogP contribution in [0.3, 0.4) is 0 Å². The summed E-state index contributed by atoms with van der Waals surface area (Å²) in [6, 6.07) is 13.5. The average Bonchev–Trinajstić information content (AvgIpc) is 3.14. The number of hydrogen-bond donors (Lipinski definition) is 1. The van der Waals surface area contributed by atoms with Gasteiger partial charge in [-0.15, -0.1) is 10.2 Å². The molecule has 3 aromatic heterocycles. The topological polar surface area (TPSA) is 89.2 Å². The minimum Gasteiger partial charge on any atom is -0.296 e. The smallest absolute Gasteiger partial charge is 0.258 e. The first kappa shape index (κ1) is 18.6. The predicted molar refractivity (Wildman–Crippen MR) is 110 cm³/mol. The van der Waals surface area contributed by atoms with E-state index in [1.54, 1.807) is 42.6 Å². The molecule has 0 saturated heterocycles. The second-order valence-electron chi connectivity index (χ2n) is 5.64. The molecule has 1 amide bonds. The van der Waals surface area contributed by atoms with Gasteiger partial charge in [0, 0.05) is 28.6 Å². The molecule has 0 aliphatic rings. The number of nitrogens with zero attached hydrogens (tertiary/aromatic N) is 4. The SMILES string of the molecule is O=C(Nc1nnc(SCc2cc(=O)n3ccccc3n2)s1)c1ccc(Cl)cc1. The Balaban J connectivity index is 1.42. The van der Waals surface area contributed by atoms with Crippen LogP contribution >= 0.6 is 34.7 Å². The maximum atomic E-state index is 12.2. The van der Waals surface area contributed by atoms with Gasteiger partial charge in [0.25, 0.3) is 11.5 Å². The summed E-state index contributed by atoms with van der Waals surface area (Å²) in [6.07, 6.45) is 1.68. The van der Waals surface area contributed by atoms with Crippen LogP contribution in [0, 0.1) is 0 Å². The third-order valence-corrected chi connectivity index (χ3v) is 5.96. The van der Waals surface area contributed by atoms with Gasteiger partial charge < -0.3 is 0 Å². The highest BCUT2D eigenvalue weighted by molar-refractivity contribution is 8.00. The normalized spacial score (nSPS) is 10.9. The number of anilines is 1. The minimum atomic E-state index is -0.284. The summed E-state index contributed by atoms with van der Waals surface area (Å²) in [4.78, 5) is 28.8. The molecule has 0 radical (unpaired) electrons. The lowest BCUT2D eigenvalue weighted by atomic mass is 10.2. The zero-order valence-electron chi connectivity index (χ0n) is 14.2. The van der Waals surface area contributed by atoms with Crippen LogP contribution in [-0.4, -0.2) is 25.5 Å². The van der Waals surface area contributed by atoms with Crippen LogP contribution in [0.15, 0.2) is 63.9 Å². The number of aromatic nitrogens is 4. The van der Waals surface area contributed by atoms with Gasteiger partial charge in [0.1, 0.15) is 5.65 Å². The Kier molecular flexibility index (Phi) is 5.38. The summed E-state index contributed by atoms with van der Waals surface area (Å²) in [5.41, 5.74) is 1.60. The Morgan fingerprint density at radius 3 is 2.82 bits per heavy atom. The van der Waals surface area contributed by atoms with E-state index in [0.29, 0.717) is 37.2 Å². The first-order valence-corrected chi connectivity index (χ1v) is 10.3. The fourth-order valence-corrected chi connectivity index (χ4v) is 4.17. The lowest BCUT2D eigenvalue weighted by Crippen LogP contribution is -2.14. The van der Waals surface area contributed by atoms with Crippen LogP contribution in [0.2, 0.25) is 5.02 Å². The van der Waals surface area contributed by atoms with E-state index < -0.39 is 0 Å². The highest BCUT2D eigenvalue weighted by Crippen LogP contribution is 2.28. The molecule has 1 N–H and O–H groups in total. The summed E-state index contributed by atoms with van der Waals surface area (Å²) >= 11 is 8.49. The fraction of sp³-hybridized carbons (Fsp3) is 0.0556. The van der Waals surface area contributed by atoms with Crippen LogP contribution in [0.4, 0.5) is 5.13 Å². The molecule has 0 fully saturated rings. The van der Waals surface area contributed by atoms with Crippen LogP contribution in [0.25, 0.3) is 5.65 Å². The van der Waals surface area contributed by atoms with E-state index in [9.17, 15) is 9.59 Å². The number of benzene rings is 1. The Hall–Kier alpha value is -2.75. The molecule has 4 rings (SSSR count). The minimum absolute atomic E-state index is 0.130. The monoisotopic (exact) mass is 429 g/mol. The van der Waals surface area contributed by atoms with Crippen molar-refractivity contribution >= 4 is 51.4 Å². The number of rotatable bonds is 5. The number of thioether (sulfide) groups is 1. The van der Waals surface area contributed by atoms with Crippen molar-refractivity contribution in [1.82, 2.24) is 19.6 Å². The van der Waals surface area contributed by atoms with Gasteiger partial charge in [-0.2, -0.15) is 0 Å². The van der Waals surface area contributed by atoms with E-state index in [-0.39, 0.29) is 11.5 Å². The molecule has 7 nitrogen and oxygen atoms in total. The number of carbonyl (C=O) groups is 1. The van der Waals surface area contributed by atoms with E-state index in [2.05, 4.69) is 20.5 Å². The Morgan fingerprint density at radius 2 is 2.00 bits per heavy atom. The standard InChI is InChI=1S/C18H12ClN5O2S2/c19-12-6-4-11(5-7-12)16(26)21-17-22-23-18(28-17)27-10-13-9-15(25)24-8-2-1-3-14(24)20-13/h1-9H,10H2,(H,21,22,26). The molecule has 0 saturated carbocycles. The van der Waals surface area contributed by atoms with Crippen molar-refractivity contribution in [2.24, 2.45) is 0 Å². The third kappa shape index (κ3) is 4.22. The van der Waals surface area contributed by atoms with Gasteiger partial charge in [-0.1, -0.05) is 40.8 Å². The lowest BCUT2D eigenvalue weighted by molar-refractivity contribution is 0.102. The van der Waals surface area contributed by atoms with Crippen LogP contribution in [0.5, 0.6) is 0 Å². The molecular weight excluding hydrogens is 418 g/mol. The number of nitrogens with one attached hydrogen (secondary N) is 1. The van der Waals surface area contributed by atoms with Crippen molar-refractivity contribution in [1.29, 1.82) is 0 Å². The van der Waals surface area contributed by atoms with Crippen LogP contribution in [-0.2, 0) is 5.75 Å². The van der Waals surface area contributed by atoms with Gasteiger partial charge in [0.15, 0.2) is 4.34 Å². The summed E-state index contributed by atoms with van der Waals surface area (Å²) in [6.45, 7) is 0. The van der Waals surface area contributed by atoms with E-state index >= 15 is 0 Å². The van der Waals surface area contributed by atoms with Gasteiger partial charge in [0.05, 0.1) is 5.69 Å². The number of carbonyl (C=O) groups excluding carboxylic acids is 1. The molecule has 140 valence electrons. The highest BCUT2D eigenvalue weighted by atomic mass is 35.5. The van der Waals surface area contributed by atoms with Crippen LogP contribution < -0.4 is 10.9 Å². The maximum Gasteiger partial charge on any atom is 0.258 e. The Bertz CT molecular complexity index is 1210. The second kappa shape index (κ2) is 8.09. The molecule has 0 aliphatic carbocycles. The molecule has 3 heterocycles. The number of amides is 1. The quantitative estimate of drug-likeness (QED) is 0.384. The number of pyridine rings is 1. The molecule has 28 heavy (non-hydrogen) atoms. The van der Waals surface area contributed by atoms with Gasteiger partial charge in [-0.25, -0.2) is 4.98 Å². The van der Waals surface area contributed by atoms with Crippen molar-refractivity contribution in [2.45, 2.75) is 10.1 Å². The van der Waals surface area contributed by atoms with E-state index in [1.807, 2.05) is 6.07 Å². The fourth-order valence-electron chi connectivity index (χ4n) is 2.40. The van der Waals surface area contributed by atoms with Crippen molar-refractivity contribution < 1.29 is 4.79 Å². The molecule has 0 aliphatic heterocycles. The van der Waals surface area contributed by atoms with Crippen molar-refractivity contribution in [3.05, 3.63) is 81.4 Å². The first-order valence-electron chi connectivity index (χ1n) is 8.09. The zero-order valence-corrected chi connectivity index (χ0v) is 16.6. The second-order valence-corrected chi connectivity index (χ2v) is 8.27. The summed E-state index contributed by atoms with van der Waals surface area (Å²) in [7, 11) is 0.